The van der Waals surface area contributed by atoms with Gasteiger partial charge in [-0.1, -0.05) is 12.1 Å². The van der Waals surface area contributed by atoms with Crippen molar-refractivity contribution in [3.05, 3.63) is 53.5 Å². The summed E-state index contributed by atoms with van der Waals surface area (Å²) in [5, 5.41) is 2.67. The fraction of sp³-hybridized carbons (Fsp3) is 0.273. The van der Waals surface area contributed by atoms with Crippen molar-refractivity contribution in [2.24, 2.45) is 0 Å². The van der Waals surface area contributed by atoms with Crippen LogP contribution in [0.3, 0.4) is 0 Å². The van der Waals surface area contributed by atoms with Crippen molar-refractivity contribution in [2.75, 3.05) is 27.9 Å². The van der Waals surface area contributed by atoms with Gasteiger partial charge in [0.2, 0.25) is 0 Å². The van der Waals surface area contributed by atoms with Gasteiger partial charge >= 0.3 is 5.97 Å². The first kappa shape index (κ1) is 21.4. The number of carbonyl (C=O) groups is 1. The summed E-state index contributed by atoms with van der Waals surface area (Å²) in [5.41, 5.74) is 1.59. The third-order valence-electron chi connectivity index (χ3n) is 4.20. The number of ether oxygens (including phenoxy) is 5. The van der Waals surface area contributed by atoms with Crippen LogP contribution in [0, 0.1) is 0 Å². The minimum absolute atomic E-state index is 0.108. The molecule has 0 saturated heterocycles. The van der Waals surface area contributed by atoms with Crippen LogP contribution >= 0.6 is 11.3 Å². The molecular formula is C22H23NO6S. The molecule has 0 amide bonds. The molecule has 8 heteroatoms. The number of carbonyl (C=O) groups excluding carboxylic acids is 1. The highest BCUT2D eigenvalue weighted by Crippen LogP contribution is 2.33. The highest BCUT2D eigenvalue weighted by molar-refractivity contribution is 7.13. The van der Waals surface area contributed by atoms with Gasteiger partial charge in [-0.3, -0.25) is 4.79 Å². The van der Waals surface area contributed by atoms with Gasteiger partial charge in [-0.05, 0) is 30.3 Å². The van der Waals surface area contributed by atoms with Crippen LogP contribution in [0.15, 0.2) is 47.8 Å². The Morgan fingerprint density at radius 2 is 1.63 bits per heavy atom. The summed E-state index contributed by atoms with van der Waals surface area (Å²) in [6, 6.07) is 12.9. The van der Waals surface area contributed by atoms with Crippen LogP contribution in [0.25, 0.3) is 10.6 Å². The van der Waals surface area contributed by atoms with E-state index >= 15 is 0 Å². The summed E-state index contributed by atoms with van der Waals surface area (Å²) < 4.78 is 26.7. The van der Waals surface area contributed by atoms with E-state index in [-0.39, 0.29) is 25.6 Å². The van der Waals surface area contributed by atoms with Crippen LogP contribution in [-0.2, 0) is 16.1 Å². The molecule has 0 atom stereocenters. The molecule has 0 N–H and O–H groups in total. The average Bonchev–Trinajstić information content (AvgIpc) is 3.26. The number of hydrogen-bond acceptors (Lipinski definition) is 8. The molecule has 158 valence electrons. The lowest BCUT2D eigenvalue weighted by Gasteiger charge is -2.09. The van der Waals surface area contributed by atoms with Gasteiger partial charge in [0.25, 0.3) is 0 Å². The number of methoxy groups -OCH3 is 3. The Labute approximate surface area is 179 Å². The van der Waals surface area contributed by atoms with E-state index in [1.54, 1.807) is 33.5 Å². The Kier molecular flexibility index (Phi) is 7.51. The zero-order valence-corrected chi connectivity index (χ0v) is 17.9. The molecule has 0 saturated carbocycles. The molecule has 1 aromatic heterocycles. The van der Waals surface area contributed by atoms with E-state index in [0.29, 0.717) is 28.7 Å². The first-order valence-electron chi connectivity index (χ1n) is 9.23. The monoisotopic (exact) mass is 429 g/mol. The SMILES string of the molecule is COc1ccc(-c2nc(COC(=O)CCOc3ccccc3OC)cs2)cc1OC. The zero-order chi connectivity index (χ0) is 21.3. The standard InChI is InChI=1S/C22H23NO6S/c1-25-17-6-4-5-7-19(17)28-11-10-21(24)29-13-16-14-30-22(23-16)15-8-9-18(26-2)20(12-15)27-3/h4-9,12,14H,10-11,13H2,1-3H3. The van der Waals surface area contributed by atoms with Gasteiger partial charge < -0.3 is 23.7 Å². The van der Waals surface area contributed by atoms with Gasteiger partial charge in [0.05, 0.1) is 40.1 Å². The second kappa shape index (κ2) is 10.5. The number of thiazole rings is 1. The lowest BCUT2D eigenvalue weighted by molar-refractivity contribution is -0.145. The Hall–Kier alpha value is -3.26. The topological polar surface area (TPSA) is 76.1 Å². The third kappa shape index (κ3) is 5.42. The molecule has 0 unspecified atom stereocenters. The summed E-state index contributed by atoms with van der Waals surface area (Å²) in [7, 11) is 4.75. The summed E-state index contributed by atoms with van der Waals surface area (Å²) in [5.74, 6) is 2.14. The highest BCUT2D eigenvalue weighted by atomic mass is 32.1. The first-order chi connectivity index (χ1) is 14.6. The predicted molar refractivity (Wildman–Crippen MR) is 114 cm³/mol. The molecule has 0 spiro atoms. The second-order valence-corrected chi connectivity index (χ2v) is 6.98. The number of para-hydroxylation sites is 2. The molecule has 0 aliphatic carbocycles. The number of esters is 1. The van der Waals surface area contributed by atoms with E-state index in [1.807, 2.05) is 35.7 Å². The van der Waals surface area contributed by atoms with Crippen LogP contribution in [-0.4, -0.2) is 38.9 Å². The molecule has 0 radical (unpaired) electrons. The zero-order valence-electron chi connectivity index (χ0n) is 17.0. The summed E-state index contributed by atoms with van der Waals surface area (Å²) in [4.78, 5) is 16.5. The minimum atomic E-state index is -0.356. The molecule has 0 fully saturated rings. The van der Waals surface area contributed by atoms with Crippen molar-refractivity contribution in [3.8, 4) is 33.6 Å². The van der Waals surface area contributed by atoms with Crippen molar-refractivity contribution < 1.29 is 28.5 Å². The van der Waals surface area contributed by atoms with Crippen molar-refractivity contribution in [1.82, 2.24) is 4.98 Å². The number of rotatable bonds is 10. The molecule has 2 aromatic carbocycles. The van der Waals surface area contributed by atoms with E-state index in [0.717, 1.165) is 10.6 Å². The molecule has 3 aromatic rings. The van der Waals surface area contributed by atoms with Crippen LogP contribution in [0.5, 0.6) is 23.0 Å². The third-order valence-corrected chi connectivity index (χ3v) is 5.14. The van der Waals surface area contributed by atoms with Gasteiger partial charge in [0.15, 0.2) is 23.0 Å². The van der Waals surface area contributed by atoms with Crippen molar-refractivity contribution in [1.29, 1.82) is 0 Å². The van der Waals surface area contributed by atoms with E-state index in [2.05, 4.69) is 4.98 Å². The second-order valence-electron chi connectivity index (χ2n) is 6.12. The van der Waals surface area contributed by atoms with Gasteiger partial charge in [-0.25, -0.2) is 4.98 Å². The fourth-order valence-electron chi connectivity index (χ4n) is 2.68. The predicted octanol–water partition coefficient (Wildman–Crippen LogP) is 4.35. The lowest BCUT2D eigenvalue weighted by atomic mass is 10.2. The molecule has 1 heterocycles. The fourth-order valence-corrected chi connectivity index (χ4v) is 3.49. The van der Waals surface area contributed by atoms with Gasteiger partial charge in [-0.2, -0.15) is 0 Å². The molecule has 0 bridgehead atoms. The van der Waals surface area contributed by atoms with Gasteiger partial charge in [0.1, 0.15) is 11.6 Å². The van der Waals surface area contributed by atoms with Crippen LogP contribution in [0.4, 0.5) is 0 Å². The Balaban J connectivity index is 1.50. The normalized spacial score (nSPS) is 10.4. The van der Waals surface area contributed by atoms with Crippen LogP contribution in [0.2, 0.25) is 0 Å². The molecule has 30 heavy (non-hydrogen) atoms. The maximum absolute atomic E-state index is 12.0. The number of hydrogen-bond donors (Lipinski definition) is 0. The van der Waals surface area contributed by atoms with E-state index < -0.39 is 0 Å². The van der Waals surface area contributed by atoms with Crippen LogP contribution < -0.4 is 18.9 Å². The number of aromatic nitrogens is 1. The van der Waals surface area contributed by atoms with Gasteiger partial charge in [0, 0.05) is 10.9 Å². The molecule has 7 nitrogen and oxygen atoms in total. The van der Waals surface area contributed by atoms with Crippen LogP contribution in [0.1, 0.15) is 12.1 Å². The highest BCUT2D eigenvalue weighted by Gasteiger charge is 2.11. The first-order valence-corrected chi connectivity index (χ1v) is 10.1. The quantitative estimate of drug-likeness (QED) is 0.444. The summed E-state index contributed by atoms with van der Waals surface area (Å²) >= 11 is 1.47. The smallest absolute Gasteiger partial charge is 0.309 e. The molecular weight excluding hydrogens is 406 g/mol. The van der Waals surface area contributed by atoms with E-state index in [1.165, 1.54) is 11.3 Å². The molecule has 0 aliphatic rings. The summed E-state index contributed by atoms with van der Waals surface area (Å²) in [6.07, 6.45) is 0.130. The van der Waals surface area contributed by atoms with E-state index in [4.69, 9.17) is 23.7 Å². The molecule has 0 aliphatic heterocycles. The van der Waals surface area contributed by atoms with Crippen molar-refractivity contribution in [2.45, 2.75) is 13.0 Å². The minimum Gasteiger partial charge on any atom is -0.493 e. The number of benzene rings is 2. The Morgan fingerprint density at radius 3 is 2.37 bits per heavy atom. The Morgan fingerprint density at radius 1 is 0.933 bits per heavy atom. The van der Waals surface area contributed by atoms with Gasteiger partial charge in [-0.15, -0.1) is 11.3 Å². The number of nitrogens with zero attached hydrogens (tertiary/aromatic N) is 1. The maximum atomic E-state index is 12.0. The average molecular weight is 429 g/mol. The largest absolute Gasteiger partial charge is 0.493 e. The maximum Gasteiger partial charge on any atom is 0.309 e. The van der Waals surface area contributed by atoms with Crippen molar-refractivity contribution in [3.63, 3.8) is 0 Å². The summed E-state index contributed by atoms with van der Waals surface area (Å²) in [6.45, 7) is 0.310. The Bertz CT molecular complexity index is 987. The van der Waals surface area contributed by atoms with Crippen molar-refractivity contribution >= 4 is 17.3 Å². The van der Waals surface area contributed by atoms with E-state index in [9.17, 15) is 4.79 Å². The lowest BCUT2D eigenvalue weighted by Crippen LogP contribution is -2.10. The molecule has 3 rings (SSSR count).